The molecule has 3 aliphatic rings. The van der Waals surface area contributed by atoms with Crippen LogP contribution in [0.1, 0.15) is 49.7 Å². The first-order valence-corrected chi connectivity index (χ1v) is 19.9. The van der Waals surface area contributed by atoms with Gasteiger partial charge in [-0.15, -0.1) is 0 Å². The lowest BCUT2D eigenvalue weighted by molar-refractivity contribution is -0.0234. The van der Waals surface area contributed by atoms with Crippen LogP contribution in [0, 0.1) is 0 Å². The molecule has 1 unspecified atom stereocenters. The lowest BCUT2D eigenvalue weighted by Gasteiger charge is -2.29. The van der Waals surface area contributed by atoms with Crippen molar-refractivity contribution in [3.63, 3.8) is 0 Å². The number of carbonyl (C=O) groups is 2. The van der Waals surface area contributed by atoms with E-state index < -0.39 is 29.0 Å². The lowest BCUT2D eigenvalue weighted by Crippen LogP contribution is -2.40. The minimum absolute atomic E-state index is 0.00491. The molecule has 1 aliphatic heterocycles. The van der Waals surface area contributed by atoms with E-state index in [1.54, 1.807) is 36.5 Å². The van der Waals surface area contributed by atoms with Crippen molar-refractivity contribution in [2.24, 2.45) is 0 Å². The number of aromatic nitrogens is 4. The summed E-state index contributed by atoms with van der Waals surface area (Å²) in [7, 11) is 1.37. The van der Waals surface area contributed by atoms with Crippen LogP contribution < -0.4 is 31.0 Å². The van der Waals surface area contributed by atoms with Crippen molar-refractivity contribution in [3.8, 4) is 28.9 Å². The second-order valence-corrected chi connectivity index (χ2v) is 15.7. The van der Waals surface area contributed by atoms with E-state index in [1.807, 2.05) is 42.5 Å². The number of nitrogens with one attached hydrogen (secondary N) is 3. The number of carboxylic acid groups (broad SMARTS) is 1. The number of benzene rings is 2. The molecule has 4 N–H and O–H groups in total. The zero-order valence-corrected chi connectivity index (χ0v) is 34.1. The van der Waals surface area contributed by atoms with Crippen molar-refractivity contribution < 1.29 is 38.0 Å². The summed E-state index contributed by atoms with van der Waals surface area (Å²) in [4.78, 5) is 43.6. The molecule has 18 heteroatoms. The maximum atomic E-state index is 14.8. The molecule has 2 aliphatic carbocycles. The van der Waals surface area contributed by atoms with Crippen molar-refractivity contribution in [1.82, 2.24) is 30.4 Å². The largest absolute Gasteiger partial charge is 0.465 e. The van der Waals surface area contributed by atoms with Crippen molar-refractivity contribution >= 4 is 45.4 Å². The normalized spacial score (nSPS) is 18.2. The number of rotatable bonds is 12. The van der Waals surface area contributed by atoms with Gasteiger partial charge >= 0.3 is 12.2 Å². The summed E-state index contributed by atoms with van der Waals surface area (Å²) in [5.41, 5.74) is -0.364. The number of amides is 2. The Morgan fingerprint density at radius 2 is 1.46 bits per heavy atom. The average Bonchev–Trinajstić information content (AvgIpc) is 4.18. The molecule has 2 saturated carbocycles. The second kappa shape index (κ2) is 17.6. The standard InChI is InChI=1S/C25H25ClFN5O5.C16H15BrN2O3/c26-21-19(29-14-24(27)8-1-11-36-15-24)13-30-32(22(21)33)17-4-7-20(28-12-17)37-18-5-2-16(3-6-18)25(9-10-25)31-23(34)35;1-21-15(20)19-16(8-9-16)11-2-5-13(6-3-11)22-14-7-4-12(17)10-18-14/h2-7,12-13,29,31H,1,8-11,14-15H2,(H,34,35);2-7,10H,8-9H2,1H3,(H,19,20). The van der Waals surface area contributed by atoms with E-state index in [1.165, 1.54) is 19.5 Å². The Balaban J connectivity index is 0.000000204. The van der Waals surface area contributed by atoms with Crippen LogP contribution in [0.2, 0.25) is 5.02 Å². The maximum absolute atomic E-state index is 14.8. The number of hydrogen-bond acceptors (Lipinski definition) is 11. The highest BCUT2D eigenvalue weighted by atomic mass is 79.9. The first-order valence-electron chi connectivity index (χ1n) is 18.7. The van der Waals surface area contributed by atoms with Gasteiger partial charge in [0, 0.05) is 29.4 Å². The predicted molar refractivity (Wildman–Crippen MR) is 219 cm³/mol. The summed E-state index contributed by atoms with van der Waals surface area (Å²) >= 11 is 9.59. The van der Waals surface area contributed by atoms with Crippen LogP contribution in [0.15, 0.2) is 101 Å². The van der Waals surface area contributed by atoms with Crippen LogP contribution in [-0.4, -0.2) is 69.6 Å². The van der Waals surface area contributed by atoms with Crippen molar-refractivity contribution in [2.75, 3.05) is 32.2 Å². The molecule has 1 saturated heterocycles. The molecule has 15 nitrogen and oxygen atoms in total. The number of nitrogens with zero attached hydrogens (tertiary/aromatic N) is 4. The SMILES string of the molecule is COC(=O)NC1(c2ccc(Oc3ccc(Br)cn3)cc2)CC1.O=C(O)NC1(c2ccc(Oc3ccc(-n4ncc(NCC5(F)CCCOC5)c(Cl)c4=O)cn3)cc2)CC1. The molecule has 0 spiro atoms. The zero-order chi connectivity index (χ0) is 41.6. The highest BCUT2D eigenvalue weighted by Crippen LogP contribution is 2.47. The Hall–Kier alpha value is -5.78. The van der Waals surface area contributed by atoms with E-state index in [9.17, 15) is 18.8 Å². The van der Waals surface area contributed by atoms with Crippen molar-refractivity contribution in [3.05, 3.63) is 122 Å². The molecule has 3 aromatic heterocycles. The molecule has 0 bridgehead atoms. The minimum Gasteiger partial charge on any atom is -0.465 e. The molecule has 3 fully saturated rings. The summed E-state index contributed by atoms with van der Waals surface area (Å²) in [6.45, 7) is 0.500. The number of pyridine rings is 2. The number of hydrogen-bond donors (Lipinski definition) is 4. The summed E-state index contributed by atoms with van der Waals surface area (Å²) in [6.07, 6.45) is 7.36. The topological polar surface area (TPSA) is 188 Å². The smallest absolute Gasteiger partial charge is 0.407 e. The van der Waals surface area contributed by atoms with Gasteiger partial charge in [-0.2, -0.15) is 9.78 Å². The van der Waals surface area contributed by atoms with Crippen LogP contribution >= 0.6 is 27.5 Å². The summed E-state index contributed by atoms with van der Waals surface area (Å²) in [6, 6.07) is 21.6. The second-order valence-electron chi connectivity index (χ2n) is 14.4. The quantitative estimate of drug-likeness (QED) is 0.0941. The third-order valence-corrected chi connectivity index (χ3v) is 10.9. The highest BCUT2D eigenvalue weighted by Gasteiger charge is 2.46. The Labute approximate surface area is 351 Å². The number of methoxy groups -OCH3 is 1. The van der Waals surface area contributed by atoms with Gasteiger partial charge in [0.15, 0.2) is 5.67 Å². The van der Waals surface area contributed by atoms with E-state index in [-0.39, 0.29) is 29.4 Å². The molecule has 59 heavy (non-hydrogen) atoms. The van der Waals surface area contributed by atoms with Gasteiger partial charge in [-0.25, -0.2) is 23.9 Å². The van der Waals surface area contributed by atoms with Crippen LogP contribution in [-0.2, 0) is 20.6 Å². The molecule has 308 valence electrons. The van der Waals surface area contributed by atoms with Crippen molar-refractivity contribution in [2.45, 2.75) is 55.3 Å². The molecule has 0 radical (unpaired) electrons. The van der Waals surface area contributed by atoms with Crippen LogP contribution in [0.4, 0.5) is 19.7 Å². The average molecular weight is 893 g/mol. The molecule has 5 aromatic rings. The van der Waals surface area contributed by atoms with E-state index in [2.05, 4.69) is 51.7 Å². The first-order chi connectivity index (χ1) is 28.4. The van der Waals surface area contributed by atoms with E-state index in [0.29, 0.717) is 48.4 Å². The van der Waals surface area contributed by atoms with Gasteiger partial charge in [-0.3, -0.25) is 4.79 Å². The Morgan fingerprint density at radius 1 is 0.864 bits per heavy atom. The molecular formula is C41H40BrClFN7O8. The van der Waals surface area contributed by atoms with Gasteiger partial charge in [0.05, 0.1) is 55.1 Å². The van der Waals surface area contributed by atoms with Crippen LogP contribution in [0.3, 0.4) is 0 Å². The lowest BCUT2D eigenvalue weighted by atomic mass is 9.99. The Kier molecular flexibility index (Phi) is 12.3. The molecule has 4 heterocycles. The Morgan fingerprint density at radius 3 is 1.95 bits per heavy atom. The number of carbonyl (C=O) groups excluding carboxylic acids is 1. The van der Waals surface area contributed by atoms with Gasteiger partial charge in [0.25, 0.3) is 5.56 Å². The fraction of sp³-hybridized carbons (Fsp3) is 0.317. The van der Waals surface area contributed by atoms with E-state index in [4.69, 9.17) is 30.9 Å². The summed E-state index contributed by atoms with van der Waals surface area (Å²) in [5, 5.41) is 21.4. The fourth-order valence-corrected chi connectivity index (χ4v) is 6.96. The Bertz CT molecular complexity index is 2320. The highest BCUT2D eigenvalue weighted by molar-refractivity contribution is 9.10. The number of alkyl halides is 1. The summed E-state index contributed by atoms with van der Waals surface area (Å²) in [5.74, 6) is 2.05. The monoisotopic (exact) mass is 891 g/mol. The van der Waals surface area contributed by atoms with Crippen LogP contribution in [0.5, 0.6) is 23.3 Å². The predicted octanol–water partition coefficient (Wildman–Crippen LogP) is 8.24. The van der Waals surface area contributed by atoms with Gasteiger partial charge in [0.2, 0.25) is 11.8 Å². The van der Waals surface area contributed by atoms with Gasteiger partial charge in [-0.1, -0.05) is 35.9 Å². The minimum atomic E-state index is -1.52. The van der Waals surface area contributed by atoms with E-state index >= 15 is 0 Å². The molecule has 8 rings (SSSR count). The van der Waals surface area contributed by atoms with Gasteiger partial charge < -0.3 is 40.0 Å². The third-order valence-electron chi connectivity index (χ3n) is 10.1. The fourth-order valence-electron chi connectivity index (χ4n) is 6.53. The molecule has 1 atom stereocenters. The van der Waals surface area contributed by atoms with Gasteiger partial charge in [0.1, 0.15) is 16.5 Å². The zero-order valence-electron chi connectivity index (χ0n) is 31.8. The number of halogens is 3. The maximum Gasteiger partial charge on any atom is 0.407 e. The van der Waals surface area contributed by atoms with Crippen molar-refractivity contribution in [1.29, 1.82) is 0 Å². The molecular weight excluding hydrogens is 853 g/mol. The molecule has 2 amide bonds. The van der Waals surface area contributed by atoms with Crippen LogP contribution in [0.25, 0.3) is 5.69 Å². The van der Waals surface area contributed by atoms with Gasteiger partial charge in [-0.05, 0) is 102 Å². The third kappa shape index (κ3) is 10.3. The first kappa shape index (κ1) is 41.4. The number of ether oxygens (including phenoxy) is 4. The van der Waals surface area contributed by atoms with E-state index in [0.717, 1.165) is 46.0 Å². The number of anilines is 1. The number of alkyl carbamates (subject to hydrolysis) is 1. The molecule has 2 aromatic carbocycles. The summed E-state index contributed by atoms with van der Waals surface area (Å²) < 4.78 is 38.1.